The maximum atomic E-state index is 13.6. The average Bonchev–Trinajstić information content (AvgIpc) is 2.86. The Morgan fingerprint density at radius 2 is 1.68 bits per heavy atom. The molecule has 0 heterocycles. The van der Waals surface area contributed by atoms with Crippen LogP contribution in [0.4, 0.5) is 5.69 Å². The van der Waals surface area contributed by atoms with Crippen molar-refractivity contribution in [3.8, 4) is 5.75 Å². The fourth-order valence-electron chi connectivity index (χ4n) is 4.15. The molecule has 37 heavy (non-hydrogen) atoms. The first kappa shape index (κ1) is 30.2. The van der Waals surface area contributed by atoms with Gasteiger partial charge in [-0.2, -0.15) is 0 Å². The van der Waals surface area contributed by atoms with E-state index in [9.17, 15) is 18.0 Å². The van der Waals surface area contributed by atoms with Gasteiger partial charge in [0.15, 0.2) is 0 Å². The van der Waals surface area contributed by atoms with E-state index in [1.807, 2.05) is 52.0 Å². The molecular formula is C28H41N3O5S. The largest absolute Gasteiger partial charge is 0.495 e. The molecule has 0 unspecified atom stereocenters. The Balaban J connectivity index is 2.26. The predicted octanol–water partition coefficient (Wildman–Crippen LogP) is 4.27. The summed E-state index contributed by atoms with van der Waals surface area (Å²) in [7, 11) is -2.12. The molecule has 9 heteroatoms. The molecule has 0 saturated carbocycles. The molecule has 1 N–H and O–H groups in total. The molecule has 2 rings (SSSR count). The van der Waals surface area contributed by atoms with Crippen molar-refractivity contribution in [2.75, 3.05) is 24.2 Å². The number of benzene rings is 2. The van der Waals surface area contributed by atoms with Crippen LogP contribution in [0.1, 0.15) is 57.6 Å². The van der Waals surface area contributed by atoms with Crippen molar-refractivity contribution in [3.63, 3.8) is 0 Å². The number of rotatable bonds is 14. The summed E-state index contributed by atoms with van der Waals surface area (Å²) in [5.41, 5.74) is 2.44. The summed E-state index contributed by atoms with van der Waals surface area (Å²) in [6, 6.07) is 14.1. The van der Waals surface area contributed by atoms with E-state index in [0.717, 1.165) is 23.8 Å². The number of methoxy groups -OCH3 is 1. The van der Waals surface area contributed by atoms with Crippen LogP contribution in [0, 0.1) is 6.92 Å². The first-order valence-corrected chi connectivity index (χ1v) is 14.6. The summed E-state index contributed by atoms with van der Waals surface area (Å²) in [5, 5.41) is 3.01. The molecule has 2 amide bonds. The highest BCUT2D eigenvalue weighted by Gasteiger charge is 2.30. The molecular weight excluding hydrogens is 490 g/mol. The number of nitrogens with one attached hydrogen (secondary N) is 1. The molecule has 0 aliphatic rings. The summed E-state index contributed by atoms with van der Waals surface area (Å²) >= 11 is 0. The van der Waals surface area contributed by atoms with Crippen molar-refractivity contribution in [1.29, 1.82) is 0 Å². The second-order valence-corrected chi connectivity index (χ2v) is 11.2. The summed E-state index contributed by atoms with van der Waals surface area (Å²) in [4.78, 5) is 28.3. The quantitative estimate of drug-likeness (QED) is 0.393. The molecule has 2 atom stereocenters. The Morgan fingerprint density at radius 3 is 2.27 bits per heavy atom. The van der Waals surface area contributed by atoms with Gasteiger partial charge in [-0.25, -0.2) is 8.42 Å². The Bertz CT molecular complexity index is 1150. The van der Waals surface area contributed by atoms with Crippen molar-refractivity contribution < 1.29 is 22.7 Å². The third kappa shape index (κ3) is 8.49. The van der Waals surface area contributed by atoms with Gasteiger partial charge in [0.25, 0.3) is 0 Å². The molecule has 0 aliphatic carbocycles. The van der Waals surface area contributed by atoms with Gasteiger partial charge in [-0.3, -0.25) is 13.9 Å². The van der Waals surface area contributed by atoms with Gasteiger partial charge in [0.2, 0.25) is 21.8 Å². The smallest absolute Gasteiger partial charge is 0.243 e. The first-order chi connectivity index (χ1) is 17.5. The Labute approximate surface area is 222 Å². The number of para-hydroxylation sites is 2. The second kappa shape index (κ2) is 14.0. The van der Waals surface area contributed by atoms with Crippen molar-refractivity contribution in [3.05, 3.63) is 59.7 Å². The number of nitrogens with zero attached hydrogens (tertiary/aromatic N) is 2. The van der Waals surface area contributed by atoms with Crippen LogP contribution in [-0.2, 0) is 26.2 Å². The van der Waals surface area contributed by atoms with Crippen molar-refractivity contribution in [2.24, 2.45) is 0 Å². The molecule has 0 radical (unpaired) electrons. The van der Waals surface area contributed by atoms with Gasteiger partial charge in [-0.1, -0.05) is 50.2 Å². The van der Waals surface area contributed by atoms with E-state index in [0.29, 0.717) is 24.4 Å². The van der Waals surface area contributed by atoms with Crippen LogP contribution in [0.5, 0.6) is 5.75 Å². The second-order valence-electron chi connectivity index (χ2n) is 9.30. The summed E-state index contributed by atoms with van der Waals surface area (Å²) in [5.74, 6) is 0.0710. The molecule has 0 aromatic heterocycles. The number of hydrogen-bond donors (Lipinski definition) is 1. The van der Waals surface area contributed by atoms with Crippen molar-refractivity contribution in [2.45, 2.75) is 72.0 Å². The van der Waals surface area contributed by atoms with E-state index in [1.54, 1.807) is 29.2 Å². The summed E-state index contributed by atoms with van der Waals surface area (Å²) < 4.78 is 31.8. The van der Waals surface area contributed by atoms with Crippen molar-refractivity contribution >= 4 is 27.5 Å². The van der Waals surface area contributed by atoms with Gasteiger partial charge in [-0.05, 0) is 56.4 Å². The van der Waals surface area contributed by atoms with Crippen LogP contribution in [0.15, 0.2) is 48.5 Å². The molecule has 0 spiro atoms. The van der Waals surface area contributed by atoms with E-state index in [2.05, 4.69) is 5.32 Å². The number of anilines is 1. The highest BCUT2D eigenvalue weighted by Crippen LogP contribution is 2.30. The van der Waals surface area contributed by atoms with Gasteiger partial charge in [0.1, 0.15) is 11.8 Å². The number of sulfonamides is 1. The third-order valence-corrected chi connectivity index (χ3v) is 7.67. The molecule has 8 nitrogen and oxygen atoms in total. The number of aryl methyl sites for hydroxylation is 1. The monoisotopic (exact) mass is 531 g/mol. The maximum Gasteiger partial charge on any atom is 0.243 e. The van der Waals surface area contributed by atoms with Gasteiger partial charge in [-0.15, -0.1) is 0 Å². The fraction of sp³-hybridized carbons (Fsp3) is 0.500. The molecule has 0 aliphatic heterocycles. The molecule has 2 aromatic carbocycles. The summed E-state index contributed by atoms with van der Waals surface area (Å²) in [6.07, 6.45) is 2.78. The minimum absolute atomic E-state index is 0.00105. The van der Waals surface area contributed by atoms with E-state index in [4.69, 9.17) is 4.74 Å². The molecule has 204 valence electrons. The van der Waals surface area contributed by atoms with Crippen molar-refractivity contribution in [1.82, 2.24) is 10.2 Å². The standard InChI is InChI=1S/C28H41N3O5S/c1-7-22(4)29-28(33)24(8-2)30(20-23-15-10-9-14-21(23)3)27(32)18-13-19-31(37(6,34)35)25-16-11-12-17-26(25)36-5/h9-12,14-17,22,24H,7-8,13,18-20H2,1-6H3,(H,29,33)/t22-,24+/m0/s1. The topological polar surface area (TPSA) is 96.0 Å². The lowest BCUT2D eigenvalue weighted by Gasteiger charge is -2.32. The van der Waals surface area contributed by atoms with Crippen LogP contribution in [0.3, 0.4) is 0 Å². The zero-order valence-electron chi connectivity index (χ0n) is 22.9. The van der Waals surface area contributed by atoms with E-state index in [-0.39, 0.29) is 37.2 Å². The Kier molecular flexibility index (Phi) is 11.4. The number of carbonyl (C=O) groups is 2. The SMILES string of the molecule is CC[C@H](C(=O)N[C@@H](C)CC)N(Cc1ccccc1C)C(=O)CCCN(c1ccccc1OC)S(C)(=O)=O. The van der Waals surface area contributed by atoms with Gasteiger partial charge >= 0.3 is 0 Å². The van der Waals surface area contributed by atoms with E-state index < -0.39 is 16.1 Å². The van der Waals surface area contributed by atoms with Gasteiger partial charge in [0, 0.05) is 25.6 Å². The number of ether oxygens (including phenoxy) is 1. The van der Waals surface area contributed by atoms with Crippen LogP contribution in [0.25, 0.3) is 0 Å². The normalized spacial score (nSPS) is 12.9. The molecule has 0 fully saturated rings. The average molecular weight is 532 g/mol. The molecule has 0 bridgehead atoms. The minimum atomic E-state index is -3.61. The molecule has 0 saturated heterocycles. The van der Waals surface area contributed by atoms with Crippen LogP contribution in [-0.4, -0.2) is 57.1 Å². The van der Waals surface area contributed by atoms with Crippen LogP contribution < -0.4 is 14.4 Å². The maximum absolute atomic E-state index is 13.6. The van der Waals surface area contributed by atoms with Gasteiger partial charge < -0.3 is 15.0 Å². The minimum Gasteiger partial charge on any atom is -0.495 e. The zero-order chi connectivity index (χ0) is 27.6. The predicted molar refractivity (Wildman–Crippen MR) is 148 cm³/mol. The third-order valence-electron chi connectivity index (χ3n) is 6.49. The Morgan fingerprint density at radius 1 is 1.03 bits per heavy atom. The van der Waals surface area contributed by atoms with Crippen LogP contribution in [0.2, 0.25) is 0 Å². The first-order valence-electron chi connectivity index (χ1n) is 12.8. The Hall–Kier alpha value is -3.07. The lowest BCUT2D eigenvalue weighted by atomic mass is 10.0. The van der Waals surface area contributed by atoms with E-state index in [1.165, 1.54) is 11.4 Å². The number of carbonyl (C=O) groups excluding carboxylic acids is 2. The van der Waals surface area contributed by atoms with Gasteiger partial charge in [0.05, 0.1) is 19.1 Å². The lowest BCUT2D eigenvalue weighted by molar-refractivity contribution is -0.141. The highest BCUT2D eigenvalue weighted by molar-refractivity contribution is 7.92. The summed E-state index contributed by atoms with van der Waals surface area (Å²) in [6.45, 7) is 8.23. The number of amides is 2. The molecule has 2 aromatic rings. The fourth-order valence-corrected chi connectivity index (χ4v) is 5.12. The lowest BCUT2D eigenvalue weighted by Crippen LogP contribution is -2.50. The zero-order valence-corrected chi connectivity index (χ0v) is 23.7. The van der Waals surface area contributed by atoms with E-state index >= 15 is 0 Å². The number of hydrogen-bond acceptors (Lipinski definition) is 5. The van der Waals surface area contributed by atoms with Crippen LogP contribution >= 0.6 is 0 Å². The highest BCUT2D eigenvalue weighted by atomic mass is 32.2.